The molecule has 33 heavy (non-hydrogen) atoms. The molecule has 0 spiro atoms. The highest BCUT2D eigenvalue weighted by Gasteiger charge is 2.26. The summed E-state index contributed by atoms with van der Waals surface area (Å²) in [6.45, 7) is 10.3. The summed E-state index contributed by atoms with van der Waals surface area (Å²) in [6.07, 6.45) is 1.84. The molecule has 3 aromatic rings. The van der Waals surface area contributed by atoms with Crippen LogP contribution in [0.4, 0.5) is 5.82 Å². The Morgan fingerprint density at radius 3 is 2.33 bits per heavy atom. The standard InChI is InChI=1S/C24H32N8O/c1-19-26-23-21(16-25-28(23)2)24(27-19)32-14-10-30(11-15-32)18-22(33)31-12-8-29(9-13-31)17-20-6-4-3-5-7-20/h3-7,16H,8-15,17-18H2,1-2H3. The van der Waals surface area contributed by atoms with Crippen molar-refractivity contribution in [2.45, 2.75) is 13.5 Å². The lowest BCUT2D eigenvalue weighted by Crippen LogP contribution is -2.53. The zero-order valence-electron chi connectivity index (χ0n) is 19.5. The van der Waals surface area contributed by atoms with Crippen LogP contribution in [-0.2, 0) is 18.4 Å². The SMILES string of the molecule is Cc1nc(N2CCN(CC(=O)N3CCN(Cc4ccccc4)CC3)CC2)c2cnn(C)c2n1. The first-order valence-corrected chi connectivity index (χ1v) is 11.7. The number of aryl methyl sites for hydroxylation is 2. The van der Waals surface area contributed by atoms with Crippen molar-refractivity contribution in [3.63, 3.8) is 0 Å². The van der Waals surface area contributed by atoms with Gasteiger partial charge in [-0.2, -0.15) is 5.10 Å². The van der Waals surface area contributed by atoms with Gasteiger partial charge in [0.05, 0.1) is 18.1 Å². The molecule has 174 valence electrons. The fraction of sp³-hybridized carbons (Fsp3) is 0.500. The zero-order chi connectivity index (χ0) is 22.8. The minimum Gasteiger partial charge on any atom is -0.353 e. The third-order valence-corrected chi connectivity index (χ3v) is 6.69. The summed E-state index contributed by atoms with van der Waals surface area (Å²) in [7, 11) is 1.91. The van der Waals surface area contributed by atoms with Crippen LogP contribution in [0.1, 0.15) is 11.4 Å². The second kappa shape index (κ2) is 9.44. The molecule has 1 aromatic carbocycles. The van der Waals surface area contributed by atoms with Gasteiger partial charge in [-0.3, -0.25) is 19.3 Å². The number of piperazine rings is 2. The summed E-state index contributed by atoms with van der Waals surface area (Å²) in [5.74, 6) is 1.95. The molecular formula is C24H32N8O. The monoisotopic (exact) mass is 448 g/mol. The van der Waals surface area contributed by atoms with Crippen molar-refractivity contribution in [1.29, 1.82) is 0 Å². The van der Waals surface area contributed by atoms with Gasteiger partial charge in [0.2, 0.25) is 5.91 Å². The predicted octanol–water partition coefficient (Wildman–Crippen LogP) is 1.14. The number of fused-ring (bicyclic) bond motifs is 1. The van der Waals surface area contributed by atoms with E-state index in [9.17, 15) is 4.79 Å². The van der Waals surface area contributed by atoms with Crippen LogP contribution in [0.2, 0.25) is 0 Å². The van der Waals surface area contributed by atoms with Gasteiger partial charge in [0.1, 0.15) is 11.6 Å². The van der Waals surface area contributed by atoms with Gasteiger partial charge in [-0.25, -0.2) is 9.97 Å². The number of anilines is 1. The van der Waals surface area contributed by atoms with Crippen LogP contribution in [-0.4, -0.2) is 99.3 Å². The fourth-order valence-electron chi connectivity index (χ4n) is 4.76. The molecule has 2 aliphatic rings. The van der Waals surface area contributed by atoms with E-state index in [1.165, 1.54) is 5.56 Å². The lowest BCUT2D eigenvalue weighted by molar-refractivity contribution is -0.134. The first kappa shape index (κ1) is 21.8. The van der Waals surface area contributed by atoms with Gasteiger partial charge in [-0.1, -0.05) is 30.3 Å². The summed E-state index contributed by atoms with van der Waals surface area (Å²) >= 11 is 0. The molecule has 0 atom stereocenters. The highest BCUT2D eigenvalue weighted by atomic mass is 16.2. The Kier molecular flexibility index (Phi) is 6.24. The molecule has 0 bridgehead atoms. The van der Waals surface area contributed by atoms with Crippen molar-refractivity contribution in [2.24, 2.45) is 7.05 Å². The Balaban J connectivity index is 1.11. The van der Waals surface area contributed by atoms with Crippen LogP contribution < -0.4 is 4.90 Å². The number of carbonyl (C=O) groups is 1. The molecule has 5 rings (SSSR count). The summed E-state index contributed by atoms with van der Waals surface area (Å²) < 4.78 is 1.79. The second-order valence-electron chi connectivity index (χ2n) is 9.01. The summed E-state index contributed by atoms with van der Waals surface area (Å²) in [6, 6.07) is 10.5. The molecule has 9 heteroatoms. The maximum absolute atomic E-state index is 12.9. The Hall–Kier alpha value is -3.04. The molecule has 0 N–H and O–H groups in total. The number of rotatable bonds is 5. The molecule has 0 aliphatic carbocycles. The molecule has 0 saturated carbocycles. The topological polar surface area (TPSA) is 73.6 Å². The van der Waals surface area contributed by atoms with Gasteiger partial charge >= 0.3 is 0 Å². The van der Waals surface area contributed by atoms with Gasteiger partial charge < -0.3 is 9.80 Å². The number of aromatic nitrogens is 4. The molecule has 0 radical (unpaired) electrons. The van der Waals surface area contributed by atoms with Crippen molar-refractivity contribution >= 4 is 22.8 Å². The van der Waals surface area contributed by atoms with E-state index < -0.39 is 0 Å². The van der Waals surface area contributed by atoms with Gasteiger partial charge in [0, 0.05) is 66.0 Å². The largest absolute Gasteiger partial charge is 0.353 e. The number of hydrogen-bond donors (Lipinski definition) is 0. The molecule has 1 amide bonds. The average molecular weight is 449 g/mol. The first-order valence-electron chi connectivity index (χ1n) is 11.7. The van der Waals surface area contributed by atoms with Gasteiger partial charge in [0.15, 0.2) is 5.65 Å². The molecule has 2 fully saturated rings. The van der Waals surface area contributed by atoms with Crippen LogP contribution in [0.5, 0.6) is 0 Å². The van der Waals surface area contributed by atoms with Gasteiger partial charge in [-0.15, -0.1) is 0 Å². The van der Waals surface area contributed by atoms with E-state index in [-0.39, 0.29) is 5.91 Å². The highest BCUT2D eigenvalue weighted by Crippen LogP contribution is 2.24. The Morgan fingerprint density at radius 2 is 1.61 bits per heavy atom. The van der Waals surface area contributed by atoms with Crippen LogP contribution in [0, 0.1) is 6.92 Å². The first-order chi connectivity index (χ1) is 16.1. The number of benzene rings is 1. The Bertz CT molecular complexity index is 1100. The normalized spacial score (nSPS) is 18.2. The third kappa shape index (κ3) is 4.84. The van der Waals surface area contributed by atoms with Crippen molar-refractivity contribution < 1.29 is 4.79 Å². The quantitative estimate of drug-likeness (QED) is 0.580. The van der Waals surface area contributed by atoms with Crippen molar-refractivity contribution in [2.75, 3.05) is 63.8 Å². The predicted molar refractivity (Wildman–Crippen MR) is 128 cm³/mol. The van der Waals surface area contributed by atoms with E-state index in [1.54, 1.807) is 4.68 Å². The Morgan fingerprint density at radius 1 is 0.909 bits per heavy atom. The average Bonchev–Trinajstić information content (AvgIpc) is 3.20. The lowest BCUT2D eigenvalue weighted by Gasteiger charge is -2.38. The third-order valence-electron chi connectivity index (χ3n) is 6.69. The molecule has 2 aliphatic heterocycles. The van der Waals surface area contributed by atoms with E-state index in [2.05, 4.69) is 49.0 Å². The fourth-order valence-corrected chi connectivity index (χ4v) is 4.76. The molecule has 2 aromatic heterocycles. The van der Waals surface area contributed by atoms with Crippen molar-refractivity contribution in [1.82, 2.24) is 34.4 Å². The molecule has 4 heterocycles. The number of carbonyl (C=O) groups excluding carboxylic acids is 1. The van der Waals surface area contributed by atoms with E-state index >= 15 is 0 Å². The number of amides is 1. The number of hydrogen-bond acceptors (Lipinski definition) is 7. The second-order valence-corrected chi connectivity index (χ2v) is 9.01. The lowest BCUT2D eigenvalue weighted by atomic mass is 10.2. The zero-order valence-corrected chi connectivity index (χ0v) is 19.5. The van der Waals surface area contributed by atoms with Crippen molar-refractivity contribution in [3.05, 3.63) is 47.9 Å². The van der Waals surface area contributed by atoms with Gasteiger partial charge in [-0.05, 0) is 12.5 Å². The van der Waals surface area contributed by atoms with Crippen molar-refractivity contribution in [3.8, 4) is 0 Å². The number of nitrogens with zero attached hydrogens (tertiary/aromatic N) is 8. The van der Waals surface area contributed by atoms with Crippen LogP contribution in [0.15, 0.2) is 36.5 Å². The molecule has 0 unspecified atom stereocenters. The molecule has 2 saturated heterocycles. The van der Waals surface area contributed by atoms with Crippen LogP contribution in [0.25, 0.3) is 11.0 Å². The smallest absolute Gasteiger partial charge is 0.236 e. The minimum absolute atomic E-state index is 0.246. The summed E-state index contributed by atoms with van der Waals surface area (Å²) in [5, 5.41) is 5.34. The van der Waals surface area contributed by atoms with E-state index in [0.29, 0.717) is 6.54 Å². The molecular weight excluding hydrogens is 416 g/mol. The maximum atomic E-state index is 12.9. The molecule has 9 nitrogen and oxygen atoms in total. The van der Waals surface area contributed by atoms with Crippen LogP contribution in [0.3, 0.4) is 0 Å². The van der Waals surface area contributed by atoms with Gasteiger partial charge in [0.25, 0.3) is 0 Å². The highest BCUT2D eigenvalue weighted by molar-refractivity contribution is 5.87. The van der Waals surface area contributed by atoms with E-state index in [0.717, 1.165) is 81.6 Å². The summed E-state index contributed by atoms with van der Waals surface area (Å²) in [4.78, 5) is 31.2. The van der Waals surface area contributed by atoms with E-state index in [4.69, 9.17) is 4.98 Å². The van der Waals surface area contributed by atoms with E-state index in [1.807, 2.05) is 31.1 Å². The maximum Gasteiger partial charge on any atom is 0.236 e. The van der Waals surface area contributed by atoms with Crippen LogP contribution >= 0.6 is 0 Å². The summed E-state index contributed by atoms with van der Waals surface area (Å²) in [5.41, 5.74) is 2.19. The Labute approximate surface area is 194 Å². The minimum atomic E-state index is 0.246.